The third-order valence-electron chi connectivity index (χ3n) is 5.93. The van der Waals surface area contributed by atoms with Gasteiger partial charge in [0.05, 0.1) is 5.92 Å². The first kappa shape index (κ1) is 18.4. The summed E-state index contributed by atoms with van der Waals surface area (Å²) in [5.41, 5.74) is 4.38. The first-order valence-corrected chi connectivity index (χ1v) is 9.72. The lowest BCUT2D eigenvalue weighted by Crippen LogP contribution is -3.00. The molecule has 136 valence electrons. The standard InChI is InChI=1S/C25H24N.HI/c1-3-9-19(10-4-1)17-24-23(20-11-5-2-6-12-20)18-22-14-7-13-21-15-8-16-26(24)25(21)22;/h1-7,9-14,18,23-24H,8,15-17H2;1H/q+1;/p-1/t23-,24-;/m0./s1. The maximum Gasteiger partial charge on any atom is 0.210 e. The number of para-hydroxylation sites is 1. The van der Waals surface area contributed by atoms with Crippen LogP contribution in [0.5, 0.6) is 0 Å². The Labute approximate surface area is 178 Å². The minimum absolute atomic E-state index is 0. The van der Waals surface area contributed by atoms with Gasteiger partial charge in [-0.3, -0.25) is 0 Å². The summed E-state index contributed by atoms with van der Waals surface area (Å²) in [6.45, 7) is 1.17. The summed E-state index contributed by atoms with van der Waals surface area (Å²) in [5.74, 6) is 0.428. The number of hydrogen-bond donors (Lipinski definition) is 0. The molecule has 0 amide bonds. The van der Waals surface area contributed by atoms with E-state index in [2.05, 4.69) is 89.5 Å². The minimum Gasteiger partial charge on any atom is -1.00 e. The van der Waals surface area contributed by atoms with Crippen molar-refractivity contribution in [3.63, 3.8) is 0 Å². The van der Waals surface area contributed by atoms with Crippen LogP contribution in [0.25, 0.3) is 6.08 Å². The monoisotopic (exact) mass is 465 g/mol. The van der Waals surface area contributed by atoms with Gasteiger partial charge in [-0.05, 0) is 23.6 Å². The van der Waals surface area contributed by atoms with E-state index in [-0.39, 0.29) is 24.0 Å². The molecule has 0 radical (unpaired) electrons. The lowest BCUT2D eigenvalue weighted by atomic mass is 9.83. The number of hydrogen-bond acceptors (Lipinski definition) is 0. The molecule has 0 unspecified atom stereocenters. The maximum absolute atomic E-state index is 2.71. The fourth-order valence-corrected chi connectivity index (χ4v) is 4.77. The third kappa shape index (κ3) is 3.47. The number of halogens is 1. The van der Waals surface area contributed by atoms with Crippen LogP contribution in [0, 0.1) is 0 Å². The summed E-state index contributed by atoms with van der Waals surface area (Å²) in [6, 6.07) is 29.3. The fraction of sp³-hybridized carbons (Fsp3) is 0.240. The minimum atomic E-state index is 0. The van der Waals surface area contributed by atoms with Crippen LogP contribution in [0.2, 0.25) is 0 Å². The van der Waals surface area contributed by atoms with Gasteiger partial charge in [-0.1, -0.05) is 78.9 Å². The number of aryl methyl sites for hydroxylation is 1. The zero-order valence-electron chi connectivity index (χ0n) is 15.4. The van der Waals surface area contributed by atoms with Gasteiger partial charge in [-0.25, -0.2) is 4.58 Å². The molecule has 2 atom stereocenters. The molecule has 2 aliphatic rings. The van der Waals surface area contributed by atoms with Gasteiger partial charge >= 0.3 is 0 Å². The topological polar surface area (TPSA) is 3.01 Å². The molecule has 3 aromatic carbocycles. The first-order valence-electron chi connectivity index (χ1n) is 9.72. The molecular formula is C25H24IN. The molecule has 0 spiro atoms. The highest BCUT2D eigenvalue weighted by Gasteiger charge is 2.36. The van der Waals surface area contributed by atoms with Crippen LogP contribution in [0.3, 0.4) is 0 Å². The summed E-state index contributed by atoms with van der Waals surface area (Å²) in [5, 5.41) is 2.91. The molecule has 0 saturated heterocycles. The number of rotatable bonds is 3. The van der Waals surface area contributed by atoms with Crippen molar-refractivity contribution in [1.82, 2.24) is 4.58 Å². The predicted octanol–water partition coefficient (Wildman–Crippen LogP) is 0.317. The Morgan fingerprint density at radius 2 is 1.56 bits per heavy atom. The Morgan fingerprint density at radius 1 is 0.815 bits per heavy atom. The number of benzene rings is 3. The second kappa shape index (κ2) is 7.97. The Morgan fingerprint density at radius 3 is 2.33 bits per heavy atom. The van der Waals surface area contributed by atoms with Crippen LogP contribution >= 0.6 is 0 Å². The van der Waals surface area contributed by atoms with Crippen LogP contribution < -0.4 is 39.1 Å². The van der Waals surface area contributed by atoms with Crippen molar-refractivity contribution in [3.8, 4) is 0 Å². The second-order valence-electron chi connectivity index (χ2n) is 7.51. The van der Waals surface area contributed by atoms with Gasteiger partial charge in [0, 0.05) is 23.6 Å². The van der Waals surface area contributed by atoms with E-state index < -0.39 is 0 Å². The van der Waals surface area contributed by atoms with Crippen molar-refractivity contribution in [2.24, 2.45) is 0 Å². The molecule has 0 saturated carbocycles. The van der Waals surface area contributed by atoms with Crippen LogP contribution in [0.4, 0.5) is 0 Å². The third-order valence-corrected chi connectivity index (χ3v) is 5.93. The largest absolute Gasteiger partial charge is 1.00 e. The van der Waals surface area contributed by atoms with E-state index in [0.717, 1.165) is 6.42 Å². The van der Waals surface area contributed by atoms with Gasteiger partial charge in [-0.15, -0.1) is 0 Å². The summed E-state index contributed by atoms with van der Waals surface area (Å²) in [6.07, 6.45) is 6.07. The van der Waals surface area contributed by atoms with E-state index in [1.54, 1.807) is 0 Å². The van der Waals surface area contributed by atoms with Gasteiger partial charge in [0.1, 0.15) is 6.54 Å². The van der Waals surface area contributed by atoms with E-state index in [4.69, 9.17) is 0 Å². The van der Waals surface area contributed by atoms with E-state index >= 15 is 0 Å². The fourth-order valence-electron chi connectivity index (χ4n) is 4.77. The van der Waals surface area contributed by atoms with Gasteiger partial charge in [0.25, 0.3) is 0 Å². The maximum atomic E-state index is 2.71. The van der Waals surface area contributed by atoms with Crippen LogP contribution in [-0.2, 0) is 12.8 Å². The Balaban J connectivity index is 0.00000180. The molecule has 2 heterocycles. The van der Waals surface area contributed by atoms with E-state index in [1.807, 2.05) is 0 Å². The van der Waals surface area contributed by atoms with Crippen molar-refractivity contribution in [2.75, 3.05) is 6.54 Å². The molecule has 2 aliphatic heterocycles. The number of nitrogens with zero attached hydrogens (tertiary/aromatic N) is 1. The highest BCUT2D eigenvalue weighted by molar-refractivity contribution is 5.45. The predicted molar refractivity (Wildman–Crippen MR) is 108 cm³/mol. The summed E-state index contributed by atoms with van der Waals surface area (Å²) in [4.78, 5) is 0. The van der Waals surface area contributed by atoms with Crippen molar-refractivity contribution >= 4 is 6.08 Å². The normalized spacial score (nSPS) is 20.2. The highest BCUT2D eigenvalue weighted by Crippen LogP contribution is 2.27. The molecule has 0 N–H and O–H groups in total. The van der Waals surface area contributed by atoms with Gasteiger partial charge in [0.2, 0.25) is 5.36 Å². The van der Waals surface area contributed by atoms with Gasteiger partial charge < -0.3 is 24.0 Å². The molecule has 3 aromatic rings. The van der Waals surface area contributed by atoms with Crippen LogP contribution in [0.15, 0.2) is 78.9 Å². The summed E-state index contributed by atoms with van der Waals surface area (Å²) >= 11 is 0. The van der Waals surface area contributed by atoms with Crippen molar-refractivity contribution in [2.45, 2.75) is 31.2 Å². The van der Waals surface area contributed by atoms with Gasteiger partial charge in [-0.2, -0.15) is 0 Å². The lowest BCUT2D eigenvalue weighted by molar-refractivity contribution is -0.00000514. The average Bonchev–Trinajstić information content (AvgIpc) is 2.71. The molecule has 2 heteroatoms. The van der Waals surface area contributed by atoms with Gasteiger partial charge in [0.15, 0.2) is 6.04 Å². The summed E-state index contributed by atoms with van der Waals surface area (Å²) < 4.78 is 2.71. The van der Waals surface area contributed by atoms with Crippen molar-refractivity contribution in [1.29, 1.82) is 0 Å². The van der Waals surface area contributed by atoms with E-state index in [9.17, 15) is 0 Å². The molecular weight excluding hydrogens is 441 g/mol. The SMILES string of the molecule is C1=c2cccc3c2=[N+](CCC3)[C@@H](Cc2ccccc2)[C@@H]1c1ccccc1.[I-]. The molecule has 1 nitrogen and oxygen atoms in total. The zero-order chi connectivity index (χ0) is 17.3. The smallest absolute Gasteiger partial charge is 0.210 e. The van der Waals surface area contributed by atoms with E-state index in [0.29, 0.717) is 12.0 Å². The van der Waals surface area contributed by atoms with E-state index in [1.165, 1.54) is 46.7 Å². The second-order valence-corrected chi connectivity index (χ2v) is 7.51. The summed E-state index contributed by atoms with van der Waals surface area (Å²) in [7, 11) is 0. The Kier molecular flexibility index (Phi) is 5.44. The highest BCUT2D eigenvalue weighted by atomic mass is 127. The van der Waals surface area contributed by atoms with Crippen LogP contribution in [-0.4, -0.2) is 12.6 Å². The lowest BCUT2D eigenvalue weighted by Gasteiger charge is -2.29. The zero-order valence-corrected chi connectivity index (χ0v) is 17.5. The Hall–Kier alpha value is -1.94. The van der Waals surface area contributed by atoms with Crippen molar-refractivity contribution < 1.29 is 24.0 Å². The van der Waals surface area contributed by atoms with Crippen molar-refractivity contribution in [3.05, 3.63) is 106 Å². The average molecular weight is 465 g/mol. The molecule has 5 rings (SSSR count). The van der Waals surface area contributed by atoms with Crippen LogP contribution in [0.1, 0.15) is 29.0 Å². The molecule has 0 fully saturated rings. The Bertz CT molecular complexity index is 1040. The first-order chi connectivity index (χ1) is 12.9. The molecule has 0 aliphatic carbocycles. The quantitative estimate of drug-likeness (QED) is 0.387. The molecule has 0 bridgehead atoms. The molecule has 27 heavy (non-hydrogen) atoms. The molecule has 0 aromatic heterocycles.